The van der Waals surface area contributed by atoms with Crippen molar-refractivity contribution >= 4 is 0 Å². The Morgan fingerprint density at radius 2 is 2.30 bits per heavy atom. The molecule has 0 amide bonds. The van der Waals surface area contributed by atoms with Gasteiger partial charge in [-0.15, -0.1) is 0 Å². The molecule has 1 aliphatic heterocycles. The highest BCUT2D eigenvalue weighted by Gasteiger charge is 2.53. The number of ether oxygens (including phenoxy) is 1. The van der Waals surface area contributed by atoms with Gasteiger partial charge in [-0.3, -0.25) is 0 Å². The summed E-state index contributed by atoms with van der Waals surface area (Å²) in [6, 6.07) is 0. The van der Waals surface area contributed by atoms with Gasteiger partial charge < -0.3 is 9.84 Å². The summed E-state index contributed by atoms with van der Waals surface area (Å²) in [6.07, 6.45) is 4.47. The smallest absolute Gasteiger partial charge is 0.108 e. The first-order chi connectivity index (χ1) is 4.76. The quantitative estimate of drug-likeness (QED) is 0.582. The first kappa shape index (κ1) is 6.62. The van der Waals surface area contributed by atoms with E-state index >= 15 is 0 Å². The zero-order valence-corrected chi connectivity index (χ0v) is 6.34. The standard InChI is InChI=1S/C8H14O2/c1-8(3-2-4-8)7-6(5-9)10-7/h6-7,9H,2-5H2,1H3/t6-,7+/m0/s1. The summed E-state index contributed by atoms with van der Waals surface area (Å²) in [5, 5.41) is 8.73. The van der Waals surface area contributed by atoms with Crippen molar-refractivity contribution in [2.75, 3.05) is 6.61 Å². The molecule has 10 heavy (non-hydrogen) atoms. The van der Waals surface area contributed by atoms with Crippen LogP contribution in [0.4, 0.5) is 0 Å². The van der Waals surface area contributed by atoms with E-state index in [2.05, 4.69) is 6.92 Å². The molecule has 1 saturated heterocycles. The Labute approximate surface area is 61.2 Å². The third-order valence-electron chi connectivity index (χ3n) is 2.95. The van der Waals surface area contributed by atoms with E-state index < -0.39 is 0 Å². The second-order valence-corrected chi connectivity index (χ2v) is 3.79. The van der Waals surface area contributed by atoms with Crippen molar-refractivity contribution in [3.63, 3.8) is 0 Å². The molecule has 1 saturated carbocycles. The molecule has 0 aromatic heterocycles. The summed E-state index contributed by atoms with van der Waals surface area (Å²) in [4.78, 5) is 0. The van der Waals surface area contributed by atoms with Crippen LogP contribution in [0, 0.1) is 5.41 Å². The Bertz CT molecular complexity index is 140. The normalized spacial score (nSPS) is 42.6. The molecule has 0 aromatic carbocycles. The molecule has 2 aliphatic rings. The predicted molar refractivity (Wildman–Crippen MR) is 37.7 cm³/mol. The summed E-state index contributed by atoms with van der Waals surface area (Å²) < 4.78 is 5.32. The fourth-order valence-electron chi connectivity index (χ4n) is 1.91. The van der Waals surface area contributed by atoms with Crippen molar-refractivity contribution < 1.29 is 9.84 Å². The average molecular weight is 142 g/mol. The summed E-state index contributed by atoms with van der Waals surface area (Å²) in [5.74, 6) is 0. The van der Waals surface area contributed by atoms with Crippen LogP contribution in [0.3, 0.4) is 0 Å². The van der Waals surface area contributed by atoms with Gasteiger partial charge in [-0.1, -0.05) is 13.3 Å². The molecule has 2 nitrogen and oxygen atoms in total. The van der Waals surface area contributed by atoms with Gasteiger partial charge in [0.05, 0.1) is 12.7 Å². The number of hydrogen-bond acceptors (Lipinski definition) is 2. The van der Waals surface area contributed by atoms with Gasteiger partial charge in [-0.2, -0.15) is 0 Å². The SMILES string of the molecule is CC1([C@@H]2O[C@H]2CO)CCC1. The van der Waals surface area contributed by atoms with Crippen molar-refractivity contribution in [1.29, 1.82) is 0 Å². The molecule has 2 rings (SSSR count). The number of aliphatic hydroxyl groups is 1. The zero-order valence-electron chi connectivity index (χ0n) is 6.34. The fraction of sp³-hybridized carbons (Fsp3) is 1.00. The highest BCUT2D eigenvalue weighted by atomic mass is 16.6. The van der Waals surface area contributed by atoms with Gasteiger partial charge in [0.25, 0.3) is 0 Å². The molecule has 1 N–H and O–H groups in total. The van der Waals surface area contributed by atoms with Crippen LogP contribution >= 0.6 is 0 Å². The Hall–Kier alpha value is -0.0800. The van der Waals surface area contributed by atoms with Crippen molar-refractivity contribution in [1.82, 2.24) is 0 Å². The minimum atomic E-state index is 0.172. The topological polar surface area (TPSA) is 32.8 Å². The predicted octanol–water partition coefficient (Wildman–Crippen LogP) is 0.936. The van der Waals surface area contributed by atoms with Gasteiger partial charge in [-0.25, -0.2) is 0 Å². The summed E-state index contributed by atoms with van der Waals surface area (Å²) in [6.45, 7) is 2.47. The maximum absolute atomic E-state index is 8.73. The van der Waals surface area contributed by atoms with Gasteiger partial charge in [-0.05, 0) is 18.3 Å². The van der Waals surface area contributed by atoms with E-state index in [1.165, 1.54) is 19.3 Å². The molecule has 1 heterocycles. The molecule has 0 spiro atoms. The molecule has 0 aromatic rings. The third kappa shape index (κ3) is 0.789. The van der Waals surface area contributed by atoms with Crippen LogP contribution in [0.15, 0.2) is 0 Å². The van der Waals surface area contributed by atoms with E-state index in [0.29, 0.717) is 11.5 Å². The molecule has 2 fully saturated rings. The molecular formula is C8H14O2. The van der Waals surface area contributed by atoms with E-state index in [9.17, 15) is 0 Å². The first-order valence-corrected chi connectivity index (χ1v) is 4.02. The summed E-state index contributed by atoms with van der Waals surface area (Å²) in [5.41, 5.74) is 0.424. The average Bonchev–Trinajstić information content (AvgIpc) is 2.61. The van der Waals surface area contributed by atoms with Crippen LogP contribution in [-0.2, 0) is 4.74 Å². The lowest BCUT2D eigenvalue weighted by Crippen LogP contribution is -2.33. The van der Waals surface area contributed by atoms with E-state index in [4.69, 9.17) is 9.84 Å². The third-order valence-corrected chi connectivity index (χ3v) is 2.95. The lowest BCUT2D eigenvalue weighted by molar-refractivity contribution is 0.109. The van der Waals surface area contributed by atoms with Crippen molar-refractivity contribution in [3.05, 3.63) is 0 Å². The van der Waals surface area contributed by atoms with Gasteiger partial charge in [0.2, 0.25) is 0 Å². The molecule has 1 aliphatic carbocycles. The summed E-state index contributed by atoms with van der Waals surface area (Å²) >= 11 is 0. The molecular weight excluding hydrogens is 128 g/mol. The van der Waals surface area contributed by atoms with E-state index in [1.54, 1.807) is 0 Å². The minimum absolute atomic E-state index is 0.172. The minimum Gasteiger partial charge on any atom is -0.394 e. The second kappa shape index (κ2) is 1.95. The van der Waals surface area contributed by atoms with Gasteiger partial charge in [0.15, 0.2) is 0 Å². The van der Waals surface area contributed by atoms with Gasteiger partial charge in [0, 0.05) is 0 Å². The Kier molecular flexibility index (Phi) is 1.29. The molecule has 2 heteroatoms. The van der Waals surface area contributed by atoms with Crippen molar-refractivity contribution in [2.45, 2.75) is 38.4 Å². The molecule has 0 unspecified atom stereocenters. The Morgan fingerprint density at radius 1 is 1.60 bits per heavy atom. The van der Waals surface area contributed by atoms with Crippen LogP contribution in [0.2, 0.25) is 0 Å². The van der Waals surface area contributed by atoms with E-state index in [-0.39, 0.29) is 12.7 Å². The zero-order chi connectivity index (χ0) is 7.19. The van der Waals surface area contributed by atoms with Crippen LogP contribution in [0.25, 0.3) is 0 Å². The lowest BCUT2D eigenvalue weighted by Gasteiger charge is -2.37. The molecule has 2 atom stereocenters. The number of epoxide rings is 1. The molecule has 0 bridgehead atoms. The fourth-order valence-corrected chi connectivity index (χ4v) is 1.91. The van der Waals surface area contributed by atoms with Gasteiger partial charge in [0.1, 0.15) is 6.10 Å². The highest BCUT2D eigenvalue weighted by molar-refractivity contribution is 5.01. The van der Waals surface area contributed by atoms with Crippen LogP contribution < -0.4 is 0 Å². The molecule has 58 valence electrons. The number of aliphatic hydroxyl groups excluding tert-OH is 1. The molecule has 0 radical (unpaired) electrons. The maximum atomic E-state index is 8.73. The second-order valence-electron chi connectivity index (χ2n) is 3.79. The van der Waals surface area contributed by atoms with Crippen LogP contribution in [0.5, 0.6) is 0 Å². The number of hydrogen-bond donors (Lipinski definition) is 1. The maximum Gasteiger partial charge on any atom is 0.108 e. The largest absolute Gasteiger partial charge is 0.394 e. The lowest BCUT2D eigenvalue weighted by atomic mass is 9.67. The van der Waals surface area contributed by atoms with Crippen molar-refractivity contribution in [3.8, 4) is 0 Å². The van der Waals surface area contributed by atoms with Crippen LogP contribution in [-0.4, -0.2) is 23.9 Å². The first-order valence-electron chi connectivity index (χ1n) is 4.02. The van der Waals surface area contributed by atoms with E-state index in [1.807, 2.05) is 0 Å². The Morgan fingerprint density at radius 3 is 2.60 bits per heavy atom. The monoisotopic (exact) mass is 142 g/mol. The highest BCUT2D eigenvalue weighted by Crippen LogP contribution is 2.51. The summed E-state index contributed by atoms with van der Waals surface area (Å²) in [7, 11) is 0. The van der Waals surface area contributed by atoms with Gasteiger partial charge >= 0.3 is 0 Å². The number of rotatable bonds is 2. The van der Waals surface area contributed by atoms with E-state index in [0.717, 1.165) is 0 Å². The van der Waals surface area contributed by atoms with Crippen LogP contribution in [0.1, 0.15) is 26.2 Å². The van der Waals surface area contributed by atoms with Crippen molar-refractivity contribution in [2.24, 2.45) is 5.41 Å². The Balaban J connectivity index is 1.90.